The minimum absolute atomic E-state index is 0.0305. The Bertz CT molecular complexity index is 1120. The normalized spacial score (nSPS) is 11.4. The van der Waals surface area contributed by atoms with Crippen LogP contribution in [0, 0.1) is 0 Å². The van der Waals surface area contributed by atoms with Gasteiger partial charge in [0.2, 0.25) is 0 Å². The maximum Gasteiger partial charge on any atom is 0.307 e. The largest absolute Gasteiger partial charge is 0.481 e. The van der Waals surface area contributed by atoms with Crippen LogP contribution in [-0.2, 0) is 17.8 Å². The molecule has 0 radical (unpaired) electrons. The van der Waals surface area contributed by atoms with Crippen LogP contribution >= 0.6 is 22.9 Å². The van der Waals surface area contributed by atoms with Crippen molar-refractivity contribution in [3.05, 3.63) is 64.1 Å². The van der Waals surface area contributed by atoms with Gasteiger partial charge in [0.05, 0.1) is 16.1 Å². The van der Waals surface area contributed by atoms with Crippen molar-refractivity contribution in [3.63, 3.8) is 0 Å². The van der Waals surface area contributed by atoms with E-state index in [1.165, 1.54) is 5.56 Å². The van der Waals surface area contributed by atoms with E-state index in [0.717, 1.165) is 37.0 Å². The summed E-state index contributed by atoms with van der Waals surface area (Å²) >= 11 is 7.94. The number of rotatable bonds is 4. The molecule has 124 valence electrons. The van der Waals surface area contributed by atoms with Gasteiger partial charge in [-0.05, 0) is 34.0 Å². The Labute approximate surface area is 154 Å². The number of aromatic nitrogens is 1. The third-order valence-corrected chi connectivity index (χ3v) is 5.94. The van der Waals surface area contributed by atoms with Crippen LogP contribution in [0.3, 0.4) is 0 Å². The molecule has 1 N–H and O–H groups in total. The predicted octanol–water partition coefficient (Wildman–Crippen LogP) is 3.44. The summed E-state index contributed by atoms with van der Waals surface area (Å²) in [6, 6.07) is 12.1. The van der Waals surface area contributed by atoms with E-state index in [1.54, 1.807) is 11.3 Å². The Kier molecular flexibility index (Phi) is 4.06. The second-order valence-electron chi connectivity index (χ2n) is 6.25. The van der Waals surface area contributed by atoms with Gasteiger partial charge in [0.25, 0.3) is 0 Å². The van der Waals surface area contributed by atoms with Crippen LogP contribution in [0.5, 0.6) is 0 Å². The highest BCUT2D eigenvalue weighted by atomic mass is 35.5. The first-order chi connectivity index (χ1) is 12.0. The zero-order valence-corrected chi connectivity index (χ0v) is 15.2. The lowest BCUT2D eigenvalue weighted by Crippen LogP contribution is -2.03. The van der Waals surface area contributed by atoms with Crippen molar-refractivity contribution in [2.75, 3.05) is 0 Å². The van der Waals surface area contributed by atoms with E-state index in [1.807, 2.05) is 38.3 Å². The van der Waals surface area contributed by atoms with Crippen LogP contribution in [-0.4, -0.2) is 23.5 Å². The molecule has 0 aliphatic rings. The van der Waals surface area contributed by atoms with Crippen LogP contribution in [0.4, 0.5) is 0 Å². The first-order valence-corrected chi connectivity index (χ1v) is 9.23. The molecule has 2 aromatic carbocycles. The molecule has 25 heavy (non-hydrogen) atoms. The maximum absolute atomic E-state index is 11.2. The van der Waals surface area contributed by atoms with Gasteiger partial charge in [-0.3, -0.25) is 4.79 Å². The van der Waals surface area contributed by atoms with Gasteiger partial charge in [-0.15, -0.1) is 11.3 Å². The summed E-state index contributed by atoms with van der Waals surface area (Å²) in [5.74, 6) is -0.813. The molecule has 0 aliphatic heterocycles. The number of carboxylic acid groups (broad SMARTS) is 1. The minimum atomic E-state index is -0.813. The molecule has 0 unspecified atom stereocenters. The number of hydrogen-bond donors (Lipinski definition) is 1. The molecule has 2 heterocycles. The molecular formula is C19H15BClNO2S. The van der Waals surface area contributed by atoms with Crippen LogP contribution in [0.15, 0.2) is 48.0 Å². The van der Waals surface area contributed by atoms with E-state index in [4.69, 9.17) is 11.6 Å². The lowest BCUT2D eigenvalue weighted by molar-refractivity contribution is -0.136. The fourth-order valence-electron chi connectivity index (χ4n) is 3.29. The molecule has 0 bridgehead atoms. The van der Waals surface area contributed by atoms with Crippen LogP contribution in [0.25, 0.3) is 21.0 Å². The first-order valence-electron chi connectivity index (χ1n) is 7.97. The van der Waals surface area contributed by atoms with Crippen molar-refractivity contribution < 1.29 is 9.90 Å². The maximum atomic E-state index is 11.2. The zero-order valence-electron chi connectivity index (χ0n) is 13.6. The molecule has 0 spiro atoms. The fraction of sp³-hybridized carbons (Fsp3) is 0.105. The van der Waals surface area contributed by atoms with Crippen molar-refractivity contribution in [1.29, 1.82) is 0 Å². The average Bonchev–Trinajstić information content (AvgIpc) is 3.11. The number of carbonyl (C=O) groups is 1. The molecule has 4 aromatic rings. The number of halogens is 1. The molecule has 0 fully saturated rings. The minimum Gasteiger partial charge on any atom is -0.481 e. The second kappa shape index (κ2) is 6.25. The third kappa shape index (κ3) is 2.94. The molecule has 0 saturated carbocycles. The summed E-state index contributed by atoms with van der Waals surface area (Å²) in [4.78, 5) is 11.2. The average molecular weight is 368 g/mol. The number of fused-ring (bicyclic) bond motifs is 2. The van der Waals surface area contributed by atoms with Gasteiger partial charge in [0.15, 0.2) is 0 Å². The Morgan fingerprint density at radius 2 is 2.04 bits per heavy atom. The lowest BCUT2D eigenvalue weighted by atomic mass is 9.94. The van der Waals surface area contributed by atoms with Gasteiger partial charge in [-0.2, -0.15) is 0 Å². The highest BCUT2D eigenvalue weighted by molar-refractivity contribution is 7.18. The third-order valence-electron chi connectivity index (χ3n) is 4.43. The van der Waals surface area contributed by atoms with E-state index >= 15 is 0 Å². The van der Waals surface area contributed by atoms with E-state index in [9.17, 15) is 9.90 Å². The zero-order chi connectivity index (χ0) is 17.6. The molecule has 3 nitrogen and oxygen atoms in total. The lowest BCUT2D eigenvalue weighted by Gasteiger charge is -2.06. The first kappa shape index (κ1) is 16.2. The van der Waals surface area contributed by atoms with Gasteiger partial charge >= 0.3 is 5.97 Å². The second-order valence-corrected chi connectivity index (χ2v) is 7.54. The number of nitrogens with zero attached hydrogens (tertiary/aromatic N) is 1. The Hall–Kier alpha value is -2.24. The monoisotopic (exact) mass is 367 g/mol. The molecule has 6 heteroatoms. The summed E-state index contributed by atoms with van der Waals surface area (Å²) in [6.07, 6.45) is 2.00. The van der Waals surface area contributed by atoms with Gasteiger partial charge in [0, 0.05) is 23.6 Å². The molecule has 0 atom stereocenters. The van der Waals surface area contributed by atoms with Crippen LogP contribution < -0.4 is 5.46 Å². The molecule has 0 amide bonds. The number of carboxylic acids is 1. The molecule has 0 aliphatic carbocycles. The molecular weight excluding hydrogens is 353 g/mol. The van der Waals surface area contributed by atoms with Crippen molar-refractivity contribution >= 4 is 63.2 Å². The van der Waals surface area contributed by atoms with Crippen molar-refractivity contribution in [2.24, 2.45) is 0 Å². The Balaban J connectivity index is 1.84. The number of hydrogen-bond acceptors (Lipinski definition) is 2. The highest BCUT2D eigenvalue weighted by Crippen LogP contribution is 2.33. The van der Waals surface area contributed by atoms with Crippen LogP contribution in [0.1, 0.15) is 11.1 Å². The molecule has 4 rings (SSSR count). The standard InChI is InChI=1S/C19H15BClNO2S/c20-13-4-5-14-11(6-18(23)24)8-22(17(14)7-13)9-12-10-25-19-15(12)2-1-3-16(19)21/h1-5,7-8,10H,6,9,20H2,(H,23,24). The molecule has 2 aromatic heterocycles. The number of benzene rings is 2. The van der Waals surface area contributed by atoms with E-state index in [0.29, 0.717) is 6.54 Å². The van der Waals surface area contributed by atoms with Crippen molar-refractivity contribution in [1.82, 2.24) is 4.57 Å². The van der Waals surface area contributed by atoms with Crippen LogP contribution in [0.2, 0.25) is 5.02 Å². The summed E-state index contributed by atoms with van der Waals surface area (Å²) < 4.78 is 3.24. The quantitative estimate of drug-likeness (QED) is 0.561. The van der Waals surface area contributed by atoms with Crippen molar-refractivity contribution in [3.8, 4) is 0 Å². The number of thiophene rings is 1. The van der Waals surface area contributed by atoms with Gasteiger partial charge in [-0.1, -0.05) is 41.3 Å². The highest BCUT2D eigenvalue weighted by Gasteiger charge is 2.14. The topological polar surface area (TPSA) is 42.2 Å². The summed E-state index contributed by atoms with van der Waals surface area (Å²) in [5.41, 5.74) is 4.27. The van der Waals surface area contributed by atoms with Gasteiger partial charge in [-0.25, -0.2) is 0 Å². The SMILES string of the molecule is Bc1ccc2c(CC(=O)O)cn(Cc3csc4c(Cl)cccc34)c2c1. The summed E-state index contributed by atoms with van der Waals surface area (Å²) in [6.45, 7) is 0.694. The van der Waals surface area contributed by atoms with Crippen molar-refractivity contribution in [2.45, 2.75) is 13.0 Å². The Morgan fingerprint density at radius 1 is 1.20 bits per heavy atom. The smallest absolute Gasteiger partial charge is 0.307 e. The summed E-state index contributed by atoms with van der Waals surface area (Å²) in [7, 11) is 2.05. The fourth-order valence-corrected chi connectivity index (χ4v) is 4.57. The van der Waals surface area contributed by atoms with Gasteiger partial charge in [0.1, 0.15) is 7.85 Å². The summed E-state index contributed by atoms with van der Waals surface area (Å²) in [5, 5.41) is 14.3. The molecule has 0 saturated heterocycles. The number of aliphatic carboxylic acids is 1. The van der Waals surface area contributed by atoms with E-state index < -0.39 is 5.97 Å². The van der Waals surface area contributed by atoms with E-state index in [-0.39, 0.29) is 6.42 Å². The predicted molar refractivity (Wildman–Crippen MR) is 107 cm³/mol. The van der Waals surface area contributed by atoms with E-state index in [2.05, 4.69) is 22.1 Å². The Morgan fingerprint density at radius 3 is 2.84 bits per heavy atom. The van der Waals surface area contributed by atoms with Gasteiger partial charge < -0.3 is 9.67 Å².